The Morgan fingerprint density at radius 3 is 2.88 bits per heavy atom. The van der Waals surface area contributed by atoms with E-state index in [1.165, 1.54) is 0 Å². The molecule has 2 amide bonds. The van der Waals surface area contributed by atoms with Gasteiger partial charge in [-0.15, -0.1) is 0 Å². The predicted octanol–water partition coefficient (Wildman–Crippen LogP) is 4.47. The van der Waals surface area contributed by atoms with E-state index < -0.39 is 0 Å². The zero-order valence-electron chi connectivity index (χ0n) is 14.4. The Hall–Kier alpha value is -3.26. The molecule has 2 unspecified atom stereocenters. The Kier molecular flexibility index (Phi) is 4.32. The van der Waals surface area contributed by atoms with Crippen molar-refractivity contribution >= 4 is 22.6 Å². The number of hydrogen-bond acceptors (Lipinski definition) is 2. The van der Waals surface area contributed by atoms with E-state index in [0.29, 0.717) is 6.54 Å². The number of amides is 2. The molecule has 130 valence electrons. The molecule has 3 aromatic rings. The second kappa shape index (κ2) is 6.93. The fourth-order valence-electron chi connectivity index (χ4n) is 3.76. The second-order valence-electron chi connectivity index (χ2n) is 6.63. The first-order chi connectivity index (χ1) is 12.8. The third-order valence-corrected chi connectivity index (χ3v) is 5.05. The summed E-state index contributed by atoms with van der Waals surface area (Å²) < 4.78 is 0. The Labute approximate surface area is 152 Å². The number of anilines is 1. The van der Waals surface area contributed by atoms with Crippen LogP contribution in [0.15, 0.2) is 60.8 Å². The first-order valence-electron chi connectivity index (χ1n) is 8.85. The molecule has 5 heteroatoms. The first kappa shape index (κ1) is 16.2. The summed E-state index contributed by atoms with van der Waals surface area (Å²) in [5.41, 5.74) is 2.77. The van der Waals surface area contributed by atoms with Crippen LogP contribution in [0.1, 0.15) is 24.3 Å². The topological polar surface area (TPSA) is 71.9 Å². The number of aromatic amines is 1. The van der Waals surface area contributed by atoms with E-state index in [2.05, 4.69) is 16.4 Å². The summed E-state index contributed by atoms with van der Waals surface area (Å²) in [5, 5.41) is 13.8. The van der Waals surface area contributed by atoms with E-state index in [-0.39, 0.29) is 18.0 Å². The molecular formula is C21H20N4O. The van der Waals surface area contributed by atoms with Gasteiger partial charge in [-0.25, -0.2) is 4.79 Å². The van der Waals surface area contributed by atoms with Crippen molar-refractivity contribution < 1.29 is 4.79 Å². The molecular weight excluding hydrogens is 324 g/mol. The fourth-order valence-corrected chi connectivity index (χ4v) is 3.76. The summed E-state index contributed by atoms with van der Waals surface area (Å²) in [5.74, 6) is -0.309. The van der Waals surface area contributed by atoms with Gasteiger partial charge in [-0.3, -0.25) is 0 Å². The van der Waals surface area contributed by atoms with E-state index in [0.717, 1.165) is 35.0 Å². The number of nitrogens with one attached hydrogen (secondary N) is 2. The van der Waals surface area contributed by atoms with Crippen molar-refractivity contribution in [2.45, 2.75) is 24.8 Å². The zero-order chi connectivity index (χ0) is 17.9. The van der Waals surface area contributed by atoms with Crippen molar-refractivity contribution in [1.29, 1.82) is 5.26 Å². The van der Waals surface area contributed by atoms with Gasteiger partial charge < -0.3 is 15.2 Å². The Balaban J connectivity index is 1.53. The van der Waals surface area contributed by atoms with Crippen LogP contribution in [0.5, 0.6) is 0 Å². The number of benzene rings is 2. The number of likely N-dealkylation sites (tertiary alicyclic amines) is 1. The van der Waals surface area contributed by atoms with E-state index in [1.807, 2.05) is 65.7 Å². The van der Waals surface area contributed by atoms with Crippen molar-refractivity contribution in [3.8, 4) is 6.07 Å². The third kappa shape index (κ3) is 3.02. The largest absolute Gasteiger partial charge is 0.361 e. The molecule has 0 spiro atoms. The molecule has 1 aromatic heterocycles. The van der Waals surface area contributed by atoms with Crippen molar-refractivity contribution in [2.75, 3.05) is 11.9 Å². The molecule has 4 rings (SSSR count). The van der Waals surface area contributed by atoms with Crippen LogP contribution in [0.2, 0.25) is 0 Å². The minimum absolute atomic E-state index is 0.0987. The van der Waals surface area contributed by atoms with Gasteiger partial charge in [-0.2, -0.15) is 5.26 Å². The van der Waals surface area contributed by atoms with Gasteiger partial charge in [0.15, 0.2) is 0 Å². The van der Waals surface area contributed by atoms with Crippen LogP contribution in [0.25, 0.3) is 10.9 Å². The third-order valence-electron chi connectivity index (χ3n) is 5.05. The average molecular weight is 344 g/mol. The van der Waals surface area contributed by atoms with Crippen molar-refractivity contribution in [1.82, 2.24) is 9.88 Å². The summed E-state index contributed by atoms with van der Waals surface area (Å²) in [4.78, 5) is 17.8. The van der Waals surface area contributed by atoms with Crippen LogP contribution in [-0.2, 0) is 0 Å². The highest BCUT2D eigenvalue weighted by atomic mass is 16.2. The molecule has 1 saturated heterocycles. The molecule has 1 aliphatic heterocycles. The highest BCUT2D eigenvalue weighted by molar-refractivity contribution is 5.93. The van der Waals surface area contributed by atoms with Crippen LogP contribution in [0.3, 0.4) is 0 Å². The highest BCUT2D eigenvalue weighted by Crippen LogP contribution is 2.31. The van der Waals surface area contributed by atoms with Gasteiger partial charge in [-0.1, -0.05) is 30.3 Å². The van der Waals surface area contributed by atoms with E-state index in [9.17, 15) is 10.1 Å². The quantitative estimate of drug-likeness (QED) is 0.736. The number of urea groups is 1. The predicted molar refractivity (Wildman–Crippen MR) is 102 cm³/mol. The maximum Gasteiger partial charge on any atom is 0.322 e. The molecule has 0 aliphatic carbocycles. The van der Waals surface area contributed by atoms with Crippen LogP contribution in [0.4, 0.5) is 10.5 Å². The van der Waals surface area contributed by atoms with Crippen LogP contribution < -0.4 is 5.32 Å². The molecule has 2 atom stereocenters. The number of nitriles is 1. The number of carbonyl (C=O) groups excluding carboxylic acids is 1. The van der Waals surface area contributed by atoms with Gasteiger partial charge in [0.1, 0.15) is 0 Å². The van der Waals surface area contributed by atoms with Crippen molar-refractivity contribution in [3.63, 3.8) is 0 Å². The number of hydrogen-bond donors (Lipinski definition) is 2. The lowest BCUT2D eigenvalue weighted by molar-refractivity contribution is 0.203. The molecule has 26 heavy (non-hydrogen) atoms. The maximum absolute atomic E-state index is 12.8. The molecule has 0 bridgehead atoms. The van der Waals surface area contributed by atoms with Gasteiger partial charge in [-0.05, 0) is 42.7 Å². The van der Waals surface area contributed by atoms with Crippen molar-refractivity contribution in [2.24, 2.45) is 0 Å². The summed E-state index contributed by atoms with van der Waals surface area (Å²) in [6.07, 6.45) is 3.64. The SMILES string of the molecule is N#CC(c1ccccc1)C1CCCN1C(=O)Nc1ccc2[nH]ccc2c1. The summed E-state index contributed by atoms with van der Waals surface area (Å²) >= 11 is 0. The molecule has 0 saturated carbocycles. The molecule has 2 N–H and O–H groups in total. The van der Waals surface area contributed by atoms with Gasteiger partial charge in [0.25, 0.3) is 0 Å². The minimum Gasteiger partial charge on any atom is -0.361 e. The minimum atomic E-state index is -0.309. The number of fused-ring (bicyclic) bond motifs is 1. The van der Waals surface area contributed by atoms with Crippen LogP contribution in [-0.4, -0.2) is 28.5 Å². The average Bonchev–Trinajstić information content (AvgIpc) is 3.32. The van der Waals surface area contributed by atoms with Crippen LogP contribution in [0, 0.1) is 11.3 Å². The monoisotopic (exact) mass is 344 g/mol. The Morgan fingerprint density at radius 2 is 2.08 bits per heavy atom. The van der Waals surface area contributed by atoms with Gasteiger partial charge in [0.05, 0.1) is 18.0 Å². The fraction of sp³-hybridized carbons (Fsp3) is 0.238. The Bertz CT molecular complexity index is 957. The Morgan fingerprint density at radius 1 is 1.23 bits per heavy atom. The molecule has 0 radical (unpaired) electrons. The van der Waals surface area contributed by atoms with Gasteiger partial charge in [0, 0.05) is 29.3 Å². The number of carbonyl (C=O) groups is 1. The normalized spacial score (nSPS) is 17.8. The standard InChI is InChI=1S/C21H20N4O/c22-14-18(15-5-2-1-3-6-15)20-7-4-12-25(20)21(26)24-17-8-9-19-16(13-17)10-11-23-19/h1-3,5-6,8-11,13,18,20,23H,4,7,12H2,(H,24,26). The number of H-pyrrole nitrogens is 1. The molecule has 5 nitrogen and oxygen atoms in total. The summed E-state index contributed by atoms with van der Waals surface area (Å²) in [6.45, 7) is 0.675. The zero-order valence-corrected chi connectivity index (χ0v) is 14.4. The lowest BCUT2D eigenvalue weighted by atomic mass is 9.91. The number of nitrogens with zero attached hydrogens (tertiary/aromatic N) is 2. The lowest BCUT2D eigenvalue weighted by Crippen LogP contribution is -2.41. The molecule has 1 fully saturated rings. The second-order valence-corrected chi connectivity index (χ2v) is 6.63. The summed E-state index contributed by atoms with van der Waals surface area (Å²) in [7, 11) is 0. The number of aromatic nitrogens is 1. The van der Waals surface area contributed by atoms with E-state index in [1.54, 1.807) is 0 Å². The van der Waals surface area contributed by atoms with Gasteiger partial charge in [0.2, 0.25) is 0 Å². The van der Waals surface area contributed by atoms with Crippen molar-refractivity contribution in [3.05, 3.63) is 66.4 Å². The molecule has 2 heterocycles. The number of rotatable bonds is 3. The highest BCUT2D eigenvalue weighted by Gasteiger charge is 2.35. The van der Waals surface area contributed by atoms with Crippen LogP contribution >= 0.6 is 0 Å². The smallest absolute Gasteiger partial charge is 0.322 e. The summed E-state index contributed by atoms with van der Waals surface area (Å²) in [6, 6.07) is 19.7. The lowest BCUT2D eigenvalue weighted by Gasteiger charge is -2.28. The van der Waals surface area contributed by atoms with E-state index >= 15 is 0 Å². The first-order valence-corrected chi connectivity index (χ1v) is 8.85. The maximum atomic E-state index is 12.8. The van der Waals surface area contributed by atoms with E-state index in [4.69, 9.17) is 0 Å². The van der Waals surface area contributed by atoms with Gasteiger partial charge >= 0.3 is 6.03 Å². The molecule has 2 aromatic carbocycles. The molecule has 1 aliphatic rings.